The average Bonchev–Trinajstić information content (AvgIpc) is 3.12. The second kappa shape index (κ2) is 7.79. The predicted octanol–water partition coefficient (Wildman–Crippen LogP) is 3.14. The molecule has 1 aromatic carbocycles. The third-order valence-electron chi connectivity index (χ3n) is 5.12. The maximum atomic E-state index is 4.93. The van der Waals surface area contributed by atoms with Crippen molar-refractivity contribution in [1.29, 1.82) is 0 Å². The van der Waals surface area contributed by atoms with Gasteiger partial charge in [-0.1, -0.05) is 6.07 Å². The molecule has 144 valence electrons. The van der Waals surface area contributed by atoms with Gasteiger partial charge in [0.2, 0.25) is 5.95 Å². The van der Waals surface area contributed by atoms with Gasteiger partial charge in [-0.15, -0.1) is 24.0 Å². The molecule has 0 spiro atoms. The Balaban J connectivity index is 1.41. The summed E-state index contributed by atoms with van der Waals surface area (Å²) in [6, 6.07) is 7.88. The fourth-order valence-corrected chi connectivity index (χ4v) is 5.10. The van der Waals surface area contributed by atoms with Gasteiger partial charge in [0.25, 0.3) is 0 Å². The van der Waals surface area contributed by atoms with E-state index < -0.39 is 0 Å². The van der Waals surface area contributed by atoms with Gasteiger partial charge in [-0.05, 0) is 36.6 Å². The summed E-state index contributed by atoms with van der Waals surface area (Å²) in [7, 11) is 0. The van der Waals surface area contributed by atoms with Gasteiger partial charge in [0, 0.05) is 43.0 Å². The first-order chi connectivity index (χ1) is 13.7. The van der Waals surface area contributed by atoms with Crippen LogP contribution >= 0.6 is 24.0 Å². The summed E-state index contributed by atoms with van der Waals surface area (Å²) in [6.45, 7) is 5.22. The summed E-state index contributed by atoms with van der Waals surface area (Å²) in [4.78, 5) is 18.9. The zero-order valence-electron chi connectivity index (χ0n) is 15.5. The second-order valence-electron chi connectivity index (χ2n) is 7.15. The Kier molecular flexibility index (Phi) is 5.02. The van der Waals surface area contributed by atoms with Crippen LogP contribution in [0.5, 0.6) is 0 Å². The molecule has 6 nitrogen and oxygen atoms in total. The van der Waals surface area contributed by atoms with Gasteiger partial charge in [-0.25, -0.2) is 15.0 Å². The monoisotopic (exact) mass is 410 g/mol. The molecule has 3 heterocycles. The van der Waals surface area contributed by atoms with Crippen molar-refractivity contribution in [1.82, 2.24) is 25.2 Å². The van der Waals surface area contributed by atoms with E-state index in [1.54, 1.807) is 11.3 Å². The van der Waals surface area contributed by atoms with Crippen LogP contribution in [0.15, 0.2) is 35.4 Å². The first-order valence-electron chi connectivity index (χ1n) is 9.58. The minimum absolute atomic E-state index is 0.614. The fraction of sp³-hybridized carbons (Fsp3) is 0.350. The number of thiazole rings is 1. The van der Waals surface area contributed by atoms with E-state index in [-0.39, 0.29) is 0 Å². The SMILES string of the molecule is Sc1cccc(Nc2ncc3c(n2)-c2sc(CN4CCNCC4)nc2CC3)c1. The molecule has 2 aliphatic rings. The molecule has 2 N–H and O–H groups in total. The number of thiol groups is 1. The van der Waals surface area contributed by atoms with Crippen LogP contribution < -0.4 is 10.6 Å². The number of rotatable bonds is 4. The van der Waals surface area contributed by atoms with Gasteiger partial charge >= 0.3 is 0 Å². The van der Waals surface area contributed by atoms with Crippen molar-refractivity contribution < 1.29 is 0 Å². The second-order valence-corrected chi connectivity index (χ2v) is 8.75. The van der Waals surface area contributed by atoms with Gasteiger partial charge in [-0.3, -0.25) is 4.90 Å². The molecule has 0 radical (unpaired) electrons. The van der Waals surface area contributed by atoms with Gasteiger partial charge in [0.15, 0.2) is 0 Å². The topological polar surface area (TPSA) is 66.0 Å². The highest BCUT2D eigenvalue weighted by molar-refractivity contribution is 7.80. The number of piperazine rings is 1. The summed E-state index contributed by atoms with van der Waals surface area (Å²) in [6.07, 6.45) is 3.87. The van der Waals surface area contributed by atoms with Gasteiger partial charge < -0.3 is 10.6 Å². The molecule has 1 fully saturated rings. The van der Waals surface area contributed by atoms with Crippen LogP contribution in [0.3, 0.4) is 0 Å². The zero-order valence-corrected chi connectivity index (χ0v) is 17.2. The summed E-state index contributed by atoms with van der Waals surface area (Å²) in [5.41, 5.74) is 4.36. The number of anilines is 2. The van der Waals surface area contributed by atoms with Crippen LogP contribution in [0.2, 0.25) is 0 Å². The highest BCUT2D eigenvalue weighted by Crippen LogP contribution is 2.37. The summed E-state index contributed by atoms with van der Waals surface area (Å²) >= 11 is 6.18. The lowest BCUT2D eigenvalue weighted by Gasteiger charge is -2.26. The smallest absolute Gasteiger partial charge is 0.227 e. The minimum atomic E-state index is 0.614. The van der Waals surface area contributed by atoms with Crippen molar-refractivity contribution >= 4 is 35.6 Å². The van der Waals surface area contributed by atoms with E-state index >= 15 is 0 Å². The molecule has 1 saturated heterocycles. The van der Waals surface area contributed by atoms with E-state index in [9.17, 15) is 0 Å². The molecule has 0 atom stereocenters. The maximum Gasteiger partial charge on any atom is 0.227 e. The number of nitrogens with one attached hydrogen (secondary N) is 2. The number of hydrogen-bond donors (Lipinski definition) is 3. The quantitative estimate of drug-likeness (QED) is 0.575. The highest BCUT2D eigenvalue weighted by Gasteiger charge is 2.24. The highest BCUT2D eigenvalue weighted by atomic mass is 32.1. The average molecular weight is 411 g/mol. The Bertz CT molecular complexity index is 996. The van der Waals surface area contributed by atoms with Crippen LogP contribution in [-0.4, -0.2) is 46.0 Å². The van der Waals surface area contributed by atoms with Crippen molar-refractivity contribution in [2.45, 2.75) is 24.3 Å². The molecule has 0 saturated carbocycles. The summed E-state index contributed by atoms with van der Waals surface area (Å²) in [5.74, 6) is 0.614. The Labute approximate surface area is 173 Å². The standard InChI is InChI=1S/C20H22N6S2/c27-15-3-1-2-14(10-15)23-20-22-11-13-4-5-16-19(18(13)25-20)28-17(24-16)12-26-8-6-21-7-9-26/h1-3,10-11,21,27H,4-9,12H2,(H,22,23,25). The molecule has 2 aromatic heterocycles. The van der Waals surface area contributed by atoms with E-state index in [1.165, 1.54) is 21.1 Å². The molecule has 28 heavy (non-hydrogen) atoms. The number of benzene rings is 1. The van der Waals surface area contributed by atoms with Crippen LogP contribution in [0.1, 0.15) is 16.3 Å². The Morgan fingerprint density at radius 1 is 1.18 bits per heavy atom. The third kappa shape index (κ3) is 3.77. The van der Waals surface area contributed by atoms with Gasteiger partial charge in [0.1, 0.15) is 5.01 Å². The zero-order chi connectivity index (χ0) is 18.9. The number of hydrogen-bond acceptors (Lipinski definition) is 8. The number of aromatic nitrogens is 3. The molecule has 5 rings (SSSR count). The molecule has 1 aliphatic heterocycles. The van der Waals surface area contributed by atoms with Crippen LogP contribution in [-0.2, 0) is 19.4 Å². The van der Waals surface area contributed by atoms with E-state index in [4.69, 9.17) is 9.97 Å². The van der Waals surface area contributed by atoms with E-state index in [0.29, 0.717) is 5.95 Å². The largest absolute Gasteiger partial charge is 0.324 e. The number of nitrogens with zero attached hydrogens (tertiary/aromatic N) is 4. The molecular weight excluding hydrogens is 388 g/mol. The first-order valence-corrected chi connectivity index (χ1v) is 10.8. The van der Waals surface area contributed by atoms with Crippen molar-refractivity contribution in [2.75, 3.05) is 31.5 Å². The van der Waals surface area contributed by atoms with E-state index in [0.717, 1.165) is 61.8 Å². The predicted molar refractivity (Wildman–Crippen MR) is 116 cm³/mol. The van der Waals surface area contributed by atoms with Gasteiger partial charge in [0.05, 0.1) is 22.8 Å². The minimum Gasteiger partial charge on any atom is -0.324 e. The lowest BCUT2D eigenvalue weighted by Crippen LogP contribution is -2.42. The van der Waals surface area contributed by atoms with E-state index in [2.05, 4.69) is 33.1 Å². The van der Waals surface area contributed by atoms with Crippen molar-refractivity contribution in [2.24, 2.45) is 0 Å². The van der Waals surface area contributed by atoms with Gasteiger partial charge in [-0.2, -0.15) is 0 Å². The third-order valence-corrected chi connectivity index (χ3v) is 6.49. The Morgan fingerprint density at radius 2 is 2.07 bits per heavy atom. The van der Waals surface area contributed by atoms with Crippen molar-refractivity contribution in [3.8, 4) is 10.6 Å². The molecule has 0 amide bonds. The molecular formula is C20H22N6S2. The van der Waals surface area contributed by atoms with Crippen LogP contribution in [0.4, 0.5) is 11.6 Å². The molecule has 0 unspecified atom stereocenters. The Hall–Kier alpha value is -2.00. The Morgan fingerprint density at radius 3 is 2.93 bits per heavy atom. The lowest BCUT2D eigenvalue weighted by atomic mass is 10.00. The molecule has 3 aromatic rings. The molecule has 0 bridgehead atoms. The first kappa shape index (κ1) is 18.1. The fourth-order valence-electron chi connectivity index (χ4n) is 3.70. The molecule has 1 aliphatic carbocycles. The lowest BCUT2D eigenvalue weighted by molar-refractivity contribution is 0.233. The van der Waals surface area contributed by atoms with E-state index in [1.807, 2.05) is 30.5 Å². The van der Waals surface area contributed by atoms with Crippen molar-refractivity contribution in [3.05, 3.63) is 46.7 Å². The summed E-state index contributed by atoms with van der Waals surface area (Å²) < 4.78 is 0. The maximum absolute atomic E-state index is 4.93. The van der Waals surface area contributed by atoms with Crippen LogP contribution in [0, 0.1) is 0 Å². The van der Waals surface area contributed by atoms with Crippen molar-refractivity contribution in [3.63, 3.8) is 0 Å². The van der Waals surface area contributed by atoms with Crippen LogP contribution in [0.25, 0.3) is 10.6 Å². The summed E-state index contributed by atoms with van der Waals surface area (Å²) in [5, 5.41) is 7.89. The number of aryl methyl sites for hydroxylation is 2. The number of fused-ring (bicyclic) bond motifs is 3. The normalized spacial score (nSPS) is 16.5. The molecule has 8 heteroatoms.